The molecule has 0 aliphatic carbocycles. The van der Waals surface area contributed by atoms with Gasteiger partial charge in [0.25, 0.3) is 0 Å². The van der Waals surface area contributed by atoms with E-state index in [0.717, 1.165) is 23.5 Å². The minimum absolute atomic E-state index is 0.794. The maximum Gasteiger partial charge on any atom is 0.0484 e. The number of nitrogens with zero attached hydrogens (tertiary/aromatic N) is 1. The molecule has 1 aromatic heterocycles. The predicted molar refractivity (Wildman–Crippen MR) is 101 cm³/mol. The van der Waals surface area contributed by atoms with Gasteiger partial charge in [0, 0.05) is 47.6 Å². The molecule has 3 aromatic rings. The van der Waals surface area contributed by atoms with Crippen LogP contribution < -0.4 is 11.1 Å². The fourth-order valence-corrected chi connectivity index (χ4v) is 2.99. The number of hydrogen-bond acceptors (Lipinski definition) is 2. The Balaban J connectivity index is 2.02. The fraction of sp³-hybridized carbons (Fsp3) is 0.200. The average molecular weight is 305 g/mol. The number of benzene rings is 2. The van der Waals surface area contributed by atoms with Crippen molar-refractivity contribution in [2.24, 2.45) is 7.05 Å². The van der Waals surface area contributed by atoms with Crippen LogP contribution in [0, 0.1) is 0 Å². The van der Waals surface area contributed by atoms with Crippen LogP contribution in [0.4, 0.5) is 11.4 Å². The lowest BCUT2D eigenvalue weighted by Crippen LogP contribution is -1.98. The third-order valence-electron chi connectivity index (χ3n) is 4.16. The Morgan fingerprint density at radius 3 is 2.74 bits per heavy atom. The van der Waals surface area contributed by atoms with Crippen molar-refractivity contribution in [1.29, 1.82) is 0 Å². The van der Waals surface area contributed by atoms with E-state index >= 15 is 0 Å². The number of nitrogens with one attached hydrogen (secondary N) is 1. The molecule has 0 unspecified atom stereocenters. The SMILES string of the molecule is CCNc1ccc(/C=C(\C)c2cn(C)c3ccccc23)c(N)c1. The van der Waals surface area contributed by atoms with Gasteiger partial charge in [0.15, 0.2) is 0 Å². The van der Waals surface area contributed by atoms with Crippen molar-refractivity contribution in [3.63, 3.8) is 0 Å². The van der Waals surface area contributed by atoms with Crippen molar-refractivity contribution in [1.82, 2.24) is 4.57 Å². The van der Waals surface area contributed by atoms with Gasteiger partial charge in [0.05, 0.1) is 0 Å². The molecule has 0 atom stereocenters. The first kappa shape index (κ1) is 15.2. The molecular weight excluding hydrogens is 282 g/mol. The zero-order chi connectivity index (χ0) is 16.4. The van der Waals surface area contributed by atoms with Crippen LogP contribution in [0.1, 0.15) is 25.0 Å². The van der Waals surface area contributed by atoms with Gasteiger partial charge in [-0.05, 0) is 49.3 Å². The average Bonchev–Trinajstić information content (AvgIpc) is 2.88. The summed E-state index contributed by atoms with van der Waals surface area (Å²) < 4.78 is 2.17. The van der Waals surface area contributed by atoms with Crippen molar-refractivity contribution < 1.29 is 0 Å². The van der Waals surface area contributed by atoms with Gasteiger partial charge in [-0.2, -0.15) is 0 Å². The maximum absolute atomic E-state index is 6.21. The van der Waals surface area contributed by atoms with Crippen LogP contribution in [0.3, 0.4) is 0 Å². The van der Waals surface area contributed by atoms with Crippen molar-refractivity contribution in [3.8, 4) is 0 Å². The molecule has 0 fully saturated rings. The number of fused-ring (bicyclic) bond motifs is 1. The van der Waals surface area contributed by atoms with E-state index < -0.39 is 0 Å². The number of nitrogen functional groups attached to an aromatic ring is 1. The summed E-state index contributed by atoms with van der Waals surface area (Å²) in [6, 6.07) is 14.6. The number of anilines is 2. The molecule has 23 heavy (non-hydrogen) atoms. The maximum atomic E-state index is 6.21. The quantitative estimate of drug-likeness (QED) is 0.683. The molecule has 2 aromatic carbocycles. The third-order valence-corrected chi connectivity index (χ3v) is 4.16. The Morgan fingerprint density at radius 2 is 2.00 bits per heavy atom. The predicted octanol–water partition coefficient (Wildman–Crippen LogP) is 4.75. The highest BCUT2D eigenvalue weighted by molar-refractivity contribution is 5.97. The second-order valence-electron chi connectivity index (χ2n) is 5.87. The Labute approximate surface area is 137 Å². The molecule has 0 bridgehead atoms. The zero-order valence-electron chi connectivity index (χ0n) is 13.9. The van der Waals surface area contributed by atoms with Gasteiger partial charge in [0.1, 0.15) is 0 Å². The number of rotatable bonds is 4. The van der Waals surface area contributed by atoms with E-state index in [9.17, 15) is 0 Å². The molecule has 1 heterocycles. The van der Waals surface area contributed by atoms with E-state index in [1.807, 2.05) is 6.07 Å². The van der Waals surface area contributed by atoms with E-state index in [2.05, 4.69) is 79.5 Å². The molecule has 0 spiro atoms. The number of para-hydroxylation sites is 1. The summed E-state index contributed by atoms with van der Waals surface area (Å²) in [7, 11) is 2.08. The topological polar surface area (TPSA) is 43.0 Å². The van der Waals surface area contributed by atoms with Gasteiger partial charge < -0.3 is 15.6 Å². The van der Waals surface area contributed by atoms with E-state index in [0.29, 0.717) is 0 Å². The minimum Gasteiger partial charge on any atom is -0.398 e. The fourth-order valence-electron chi connectivity index (χ4n) is 2.99. The van der Waals surface area contributed by atoms with Crippen LogP contribution in [0.25, 0.3) is 22.6 Å². The van der Waals surface area contributed by atoms with Gasteiger partial charge in [-0.15, -0.1) is 0 Å². The van der Waals surface area contributed by atoms with E-state index in [-0.39, 0.29) is 0 Å². The van der Waals surface area contributed by atoms with Crippen LogP contribution in [-0.2, 0) is 7.05 Å². The monoisotopic (exact) mass is 305 g/mol. The molecule has 0 aliphatic rings. The molecule has 0 saturated heterocycles. The third kappa shape index (κ3) is 2.95. The summed E-state index contributed by atoms with van der Waals surface area (Å²) in [5, 5.41) is 4.55. The summed E-state index contributed by atoms with van der Waals surface area (Å²) in [5.74, 6) is 0. The molecule has 0 radical (unpaired) electrons. The second kappa shape index (κ2) is 6.21. The Bertz CT molecular complexity index is 872. The summed E-state index contributed by atoms with van der Waals surface area (Å²) in [6.45, 7) is 5.11. The Morgan fingerprint density at radius 1 is 1.22 bits per heavy atom. The first-order valence-electron chi connectivity index (χ1n) is 7.96. The highest BCUT2D eigenvalue weighted by Gasteiger charge is 2.08. The molecular formula is C20H23N3. The van der Waals surface area contributed by atoms with Gasteiger partial charge in [-0.25, -0.2) is 0 Å². The molecule has 3 rings (SSSR count). The van der Waals surface area contributed by atoms with Crippen LogP contribution in [-0.4, -0.2) is 11.1 Å². The minimum atomic E-state index is 0.794. The summed E-state index contributed by atoms with van der Waals surface area (Å²) in [6.07, 6.45) is 4.34. The number of hydrogen-bond donors (Lipinski definition) is 2. The Hall–Kier alpha value is -2.68. The largest absolute Gasteiger partial charge is 0.398 e. The molecule has 3 N–H and O–H groups in total. The second-order valence-corrected chi connectivity index (χ2v) is 5.87. The number of aromatic nitrogens is 1. The smallest absolute Gasteiger partial charge is 0.0484 e. The number of nitrogens with two attached hydrogens (primary N) is 1. The molecule has 3 heteroatoms. The molecule has 0 amide bonds. The molecule has 0 saturated carbocycles. The number of allylic oxidation sites excluding steroid dienone is 1. The van der Waals surface area contributed by atoms with E-state index in [1.165, 1.54) is 22.0 Å². The van der Waals surface area contributed by atoms with Crippen molar-refractivity contribution in [2.75, 3.05) is 17.6 Å². The van der Waals surface area contributed by atoms with Crippen LogP contribution in [0.2, 0.25) is 0 Å². The summed E-state index contributed by atoms with van der Waals surface area (Å²) in [5.41, 5.74) is 12.8. The zero-order valence-corrected chi connectivity index (χ0v) is 13.9. The van der Waals surface area contributed by atoms with Gasteiger partial charge in [-0.1, -0.05) is 24.3 Å². The van der Waals surface area contributed by atoms with Crippen LogP contribution in [0.5, 0.6) is 0 Å². The van der Waals surface area contributed by atoms with Gasteiger partial charge in [0.2, 0.25) is 0 Å². The molecule has 0 aliphatic heterocycles. The van der Waals surface area contributed by atoms with Crippen molar-refractivity contribution in [3.05, 3.63) is 59.8 Å². The first-order valence-corrected chi connectivity index (χ1v) is 7.96. The summed E-state index contributed by atoms with van der Waals surface area (Å²) in [4.78, 5) is 0. The highest BCUT2D eigenvalue weighted by atomic mass is 14.9. The van der Waals surface area contributed by atoms with Crippen LogP contribution in [0.15, 0.2) is 48.7 Å². The normalized spacial score (nSPS) is 11.9. The number of aryl methyl sites for hydroxylation is 1. The molecule has 3 nitrogen and oxygen atoms in total. The van der Waals surface area contributed by atoms with Gasteiger partial charge in [-0.3, -0.25) is 0 Å². The van der Waals surface area contributed by atoms with E-state index in [1.54, 1.807) is 0 Å². The lowest BCUT2D eigenvalue weighted by Gasteiger charge is -2.08. The van der Waals surface area contributed by atoms with Crippen molar-refractivity contribution in [2.45, 2.75) is 13.8 Å². The van der Waals surface area contributed by atoms with Crippen molar-refractivity contribution >= 4 is 33.9 Å². The summed E-state index contributed by atoms with van der Waals surface area (Å²) >= 11 is 0. The lowest BCUT2D eigenvalue weighted by molar-refractivity contribution is 0.967. The lowest BCUT2D eigenvalue weighted by atomic mass is 10.0. The highest BCUT2D eigenvalue weighted by Crippen LogP contribution is 2.29. The molecule has 118 valence electrons. The Kier molecular flexibility index (Phi) is 4.11. The van der Waals surface area contributed by atoms with E-state index in [4.69, 9.17) is 5.73 Å². The van der Waals surface area contributed by atoms with Gasteiger partial charge >= 0.3 is 0 Å². The van der Waals surface area contributed by atoms with Crippen LogP contribution >= 0.6 is 0 Å². The first-order chi connectivity index (χ1) is 11.1. The standard InChI is InChI=1S/C20H23N3/c1-4-22-16-10-9-15(19(21)12-16)11-14(2)18-13-23(3)20-8-6-5-7-17(18)20/h5-13,22H,4,21H2,1-3H3/b14-11+.